The Labute approximate surface area is 115 Å². The van der Waals surface area contributed by atoms with E-state index in [0.29, 0.717) is 5.56 Å². The lowest BCUT2D eigenvalue weighted by Gasteiger charge is -2.09. The van der Waals surface area contributed by atoms with Crippen LogP contribution in [0.4, 0.5) is 10.1 Å². The van der Waals surface area contributed by atoms with Crippen LogP contribution in [-0.2, 0) is 10.0 Å². The van der Waals surface area contributed by atoms with Crippen LogP contribution in [0.5, 0.6) is 0 Å². The SMILES string of the molecule is Cc1ccc(NS(=O)(=O)c2cccnc2C#N)cc1F. The average molecular weight is 291 g/mol. The number of rotatable bonds is 3. The highest BCUT2D eigenvalue weighted by Crippen LogP contribution is 2.19. The quantitative estimate of drug-likeness (QED) is 0.939. The topological polar surface area (TPSA) is 82.8 Å². The second-order valence-electron chi connectivity index (χ2n) is 4.03. The van der Waals surface area contributed by atoms with Crippen LogP contribution in [0.25, 0.3) is 0 Å². The zero-order valence-corrected chi connectivity index (χ0v) is 11.3. The minimum atomic E-state index is -3.99. The van der Waals surface area contributed by atoms with Crippen LogP contribution in [0.1, 0.15) is 11.3 Å². The number of nitrogens with zero attached hydrogens (tertiary/aromatic N) is 2. The number of aryl methyl sites for hydroxylation is 1. The number of nitriles is 1. The molecule has 20 heavy (non-hydrogen) atoms. The fraction of sp³-hybridized carbons (Fsp3) is 0.0769. The predicted octanol–water partition coefficient (Wildman–Crippen LogP) is 2.20. The summed E-state index contributed by atoms with van der Waals surface area (Å²) in [5, 5.41) is 8.86. The first-order valence-corrected chi connectivity index (χ1v) is 7.06. The Balaban J connectivity index is 2.41. The minimum absolute atomic E-state index is 0.0841. The van der Waals surface area contributed by atoms with E-state index in [4.69, 9.17) is 5.26 Å². The molecular weight excluding hydrogens is 281 g/mol. The van der Waals surface area contributed by atoms with Crippen LogP contribution in [0, 0.1) is 24.1 Å². The number of pyridine rings is 1. The molecule has 1 aromatic heterocycles. The summed E-state index contributed by atoms with van der Waals surface area (Å²) in [7, 11) is -3.99. The van der Waals surface area contributed by atoms with Gasteiger partial charge in [0.1, 0.15) is 16.8 Å². The number of sulfonamides is 1. The minimum Gasteiger partial charge on any atom is -0.279 e. The number of halogens is 1. The monoisotopic (exact) mass is 291 g/mol. The molecule has 2 aromatic rings. The highest BCUT2D eigenvalue weighted by atomic mass is 32.2. The van der Waals surface area contributed by atoms with Crippen molar-refractivity contribution in [3.8, 4) is 6.07 Å². The van der Waals surface area contributed by atoms with Gasteiger partial charge in [-0.05, 0) is 36.8 Å². The molecule has 0 bridgehead atoms. The maximum Gasteiger partial charge on any atom is 0.264 e. The molecule has 0 atom stereocenters. The van der Waals surface area contributed by atoms with E-state index in [2.05, 4.69) is 9.71 Å². The van der Waals surface area contributed by atoms with E-state index in [9.17, 15) is 12.8 Å². The largest absolute Gasteiger partial charge is 0.279 e. The Morgan fingerprint density at radius 1 is 1.35 bits per heavy atom. The van der Waals surface area contributed by atoms with E-state index in [1.807, 2.05) is 0 Å². The van der Waals surface area contributed by atoms with Crippen molar-refractivity contribution in [1.29, 1.82) is 5.26 Å². The van der Waals surface area contributed by atoms with Crippen molar-refractivity contribution in [1.82, 2.24) is 4.98 Å². The van der Waals surface area contributed by atoms with Gasteiger partial charge in [0.15, 0.2) is 5.69 Å². The Morgan fingerprint density at radius 2 is 2.10 bits per heavy atom. The van der Waals surface area contributed by atoms with Gasteiger partial charge in [-0.2, -0.15) is 5.26 Å². The van der Waals surface area contributed by atoms with Crippen molar-refractivity contribution < 1.29 is 12.8 Å². The second kappa shape index (κ2) is 5.27. The lowest BCUT2D eigenvalue weighted by molar-refractivity contribution is 0.600. The van der Waals surface area contributed by atoms with Gasteiger partial charge in [-0.1, -0.05) is 6.07 Å². The first-order chi connectivity index (χ1) is 9.44. The Morgan fingerprint density at radius 3 is 2.75 bits per heavy atom. The third-order valence-corrected chi connectivity index (χ3v) is 4.00. The predicted molar refractivity (Wildman–Crippen MR) is 70.9 cm³/mol. The van der Waals surface area contributed by atoms with Gasteiger partial charge in [-0.15, -0.1) is 0 Å². The number of nitrogens with one attached hydrogen (secondary N) is 1. The Kier molecular flexibility index (Phi) is 3.68. The third kappa shape index (κ3) is 2.75. The molecule has 0 saturated heterocycles. The summed E-state index contributed by atoms with van der Waals surface area (Å²) in [6.45, 7) is 1.57. The molecule has 0 unspecified atom stereocenters. The van der Waals surface area contributed by atoms with Crippen LogP contribution >= 0.6 is 0 Å². The molecule has 0 aliphatic carbocycles. The first-order valence-electron chi connectivity index (χ1n) is 5.58. The van der Waals surface area contributed by atoms with Gasteiger partial charge < -0.3 is 0 Å². The Bertz CT molecular complexity index is 798. The third-order valence-electron chi connectivity index (χ3n) is 2.59. The number of anilines is 1. The highest BCUT2D eigenvalue weighted by Gasteiger charge is 2.19. The number of hydrogen-bond donors (Lipinski definition) is 1. The summed E-state index contributed by atoms with van der Waals surface area (Å²) in [5.41, 5.74) is 0.278. The van der Waals surface area contributed by atoms with Crippen LogP contribution in [0.3, 0.4) is 0 Å². The molecule has 1 aromatic carbocycles. The van der Waals surface area contributed by atoms with Gasteiger partial charge in [0, 0.05) is 6.20 Å². The normalized spacial score (nSPS) is 10.8. The number of hydrogen-bond acceptors (Lipinski definition) is 4. The van der Waals surface area contributed by atoms with E-state index in [1.165, 1.54) is 30.5 Å². The molecular formula is C13H10FN3O2S. The summed E-state index contributed by atoms with van der Waals surface area (Å²) in [6.07, 6.45) is 1.32. The zero-order valence-electron chi connectivity index (χ0n) is 10.5. The summed E-state index contributed by atoms with van der Waals surface area (Å²) in [5.74, 6) is -0.517. The summed E-state index contributed by atoms with van der Waals surface area (Å²) in [6, 6.07) is 8.36. The molecule has 102 valence electrons. The van der Waals surface area contributed by atoms with Crippen LogP contribution in [-0.4, -0.2) is 13.4 Å². The van der Waals surface area contributed by atoms with E-state index in [0.717, 1.165) is 6.07 Å². The number of benzene rings is 1. The van der Waals surface area contributed by atoms with Gasteiger partial charge >= 0.3 is 0 Å². The maximum atomic E-state index is 13.4. The van der Waals surface area contributed by atoms with Crippen LogP contribution < -0.4 is 4.72 Å². The van der Waals surface area contributed by atoms with Crippen molar-refractivity contribution >= 4 is 15.7 Å². The van der Waals surface area contributed by atoms with Crippen molar-refractivity contribution in [3.63, 3.8) is 0 Å². The van der Waals surface area contributed by atoms with E-state index in [1.54, 1.807) is 13.0 Å². The molecule has 5 nitrogen and oxygen atoms in total. The molecule has 0 fully saturated rings. The maximum absolute atomic E-state index is 13.4. The summed E-state index contributed by atoms with van der Waals surface area (Å²) < 4.78 is 39.9. The molecule has 0 radical (unpaired) electrons. The molecule has 0 aliphatic rings. The van der Waals surface area contributed by atoms with Gasteiger partial charge in [0.05, 0.1) is 5.69 Å². The van der Waals surface area contributed by atoms with Gasteiger partial charge in [-0.3, -0.25) is 4.72 Å². The van der Waals surface area contributed by atoms with Crippen LogP contribution in [0.15, 0.2) is 41.4 Å². The van der Waals surface area contributed by atoms with E-state index in [-0.39, 0.29) is 16.3 Å². The zero-order chi connectivity index (χ0) is 14.8. The van der Waals surface area contributed by atoms with E-state index < -0.39 is 15.8 Å². The summed E-state index contributed by atoms with van der Waals surface area (Å²) >= 11 is 0. The standard InChI is InChI=1S/C13H10FN3O2S/c1-9-4-5-10(7-11(9)14)17-20(18,19)13-3-2-6-16-12(13)8-15/h2-7,17H,1H3. The second-order valence-corrected chi connectivity index (χ2v) is 5.68. The average Bonchev–Trinajstić information content (AvgIpc) is 2.42. The van der Waals surface area contributed by atoms with Gasteiger partial charge in [0.25, 0.3) is 10.0 Å². The highest BCUT2D eigenvalue weighted by molar-refractivity contribution is 7.92. The summed E-state index contributed by atoms with van der Waals surface area (Å²) in [4.78, 5) is 3.44. The van der Waals surface area contributed by atoms with Gasteiger partial charge in [0.2, 0.25) is 0 Å². The van der Waals surface area contributed by atoms with Crippen molar-refractivity contribution in [2.24, 2.45) is 0 Å². The molecule has 0 spiro atoms. The molecule has 2 rings (SSSR count). The molecule has 0 saturated carbocycles. The lowest BCUT2D eigenvalue weighted by Crippen LogP contribution is -2.15. The number of aromatic nitrogens is 1. The molecule has 1 heterocycles. The molecule has 1 N–H and O–H groups in total. The fourth-order valence-electron chi connectivity index (χ4n) is 1.56. The van der Waals surface area contributed by atoms with Crippen molar-refractivity contribution in [2.45, 2.75) is 11.8 Å². The van der Waals surface area contributed by atoms with Crippen molar-refractivity contribution in [2.75, 3.05) is 4.72 Å². The molecule has 0 aliphatic heterocycles. The van der Waals surface area contributed by atoms with Gasteiger partial charge in [-0.25, -0.2) is 17.8 Å². The molecule has 0 amide bonds. The fourth-order valence-corrected chi connectivity index (χ4v) is 2.72. The first kappa shape index (κ1) is 14.0. The van der Waals surface area contributed by atoms with E-state index >= 15 is 0 Å². The lowest BCUT2D eigenvalue weighted by atomic mass is 10.2. The van der Waals surface area contributed by atoms with Crippen LogP contribution in [0.2, 0.25) is 0 Å². The smallest absolute Gasteiger partial charge is 0.264 e. The van der Waals surface area contributed by atoms with Crippen molar-refractivity contribution in [3.05, 3.63) is 53.6 Å². The molecule has 7 heteroatoms. The Hall–Kier alpha value is -2.46.